The largest absolute Gasteiger partial charge is 0.446 e. The van der Waals surface area contributed by atoms with Crippen LogP contribution in [0.1, 0.15) is 42.3 Å². The number of esters is 1. The molecule has 0 saturated carbocycles. The zero-order chi connectivity index (χ0) is 20.7. The first-order valence-electron chi connectivity index (χ1n) is 8.89. The van der Waals surface area contributed by atoms with E-state index in [1.54, 1.807) is 54.6 Å². The minimum atomic E-state index is -1.23. The highest BCUT2D eigenvalue weighted by Crippen LogP contribution is 2.19. The summed E-state index contributed by atoms with van der Waals surface area (Å²) in [7, 11) is 0. The van der Waals surface area contributed by atoms with Gasteiger partial charge in [0.25, 0.3) is 11.8 Å². The number of ether oxygens (including phenoxy) is 1. The molecule has 0 saturated heterocycles. The van der Waals surface area contributed by atoms with Crippen molar-refractivity contribution in [2.75, 3.05) is 0 Å². The van der Waals surface area contributed by atoms with E-state index in [0.717, 1.165) is 0 Å². The fraction of sp³-hybridized carbons (Fsp3) is 0.286. The van der Waals surface area contributed by atoms with Crippen LogP contribution in [0, 0.1) is 5.92 Å². The Morgan fingerprint density at radius 1 is 1.04 bits per heavy atom. The molecule has 7 heteroatoms. The van der Waals surface area contributed by atoms with Crippen molar-refractivity contribution in [3.8, 4) is 0 Å². The fourth-order valence-electron chi connectivity index (χ4n) is 2.64. The number of nitrogens with two attached hydrogens (primary N) is 1. The summed E-state index contributed by atoms with van der Waals surface area (Å²) in [6, 6.07) is 13.9. The SMILES string of the molecule is CC(C)CC(NC(=O)c1ccc(Cl)cc1)C(=O)OC(C(N)=O)c1ccccc1. The van der Waals surface area contributed by atoms with Gasteiger partial charge >= 0.3 is 5.97 Å². The zero-order valence-electron chi connectivity index (χ0n) is 15.7. The second kappa shape index (κ2) is 9.90. The lowest BCUT2D eigenvalue weighted by molar-refractivity contribution is -0.157. The Kier molecular flexibility index (Phi) is 7.58. The van der Waals surface area contributed by atoms with Gasteiger partial charge in [-0.1, -0.05) is 55.8 Å². The van der Waals surface area contributed by atoms with Crippen LogP contribution < -0.4 is 11.1 Å². The van der Waals surface area contributed by atoms with Crippen molar-refractivity contribution >= 4 is 29.4 Å². The summed E-state index contributed by atoms with van der Waals surface area (Å²) in [5.74, 6) is -1.84. The Labute approximate surface area is 169 Å². The van der Waals surface area contributed by atoms with Gasteiger partial charge in [-0.05, 0) is 36.6 Å². The molecule has 148 valence electrons. The van der Waals surface area contributed by atoms with Gasteiger partial charge in [-0.15, -0.1) is 0 Å². The van der Waals surface area contributed by atoms with Crippen LogP contribution in [0.4, 0.5) is 0 Å². The molecule has 0 heterocycles. The van der Waals surface area contributed by atoms with Crippen molar-refractivity contribution in [3.05, 3.63) is 70.7 Å². The molecule has 2 atom stereocenters. The van der Waals surface area contributed by atoms with Crippen LogP contribution in [0.2, 0.25) is 5.02 Å². The minimum absolute atomic E-state index is 0.104. The molecule has 3 N–H and O–H groups in total. The molecule has 2 unspecified atom stereocenters. The van der Waals surface area contributed by atoms with Crippen LogP contribution in [0.15, 0.2) is 54.6 Å². The molecule has 0 radical (unpaired) electrons. The van der Waals surface area contributed by atoms with E-state index >= 15 is 0 Å². The second-order valence-corrected chi connectivity index (χ2v) is 7.23. The third kappa shape index (κ3) is 6.09. The number of carbonyl (C=O) groups excluding carboxylic acids is 3. The van der Waals surface area contributed by atoms with Crippen LogP contribution >= 0.6 is 11.6 Å². The summed E-state index contributed by atoms with van der Waals surface area (Å²) >= 11 is 5.84. The Hall–Kier alpha value is -2.86. The molecular weight excluding hydrogens is 380 g/mol. The monoisotopic (exact) mass is 402 g/mol. The molecule has 0 fully saturated rings. The Bertz CT molecular complexity index is 822. The van der Waals surface area contributed by atoms with Gasteiger partial charge in [0.05, 0.1) is 0 Å². The maximum Gasteiger partial charge on any atom is 0.329 e. The molecular formula is C21H23ClN2O4. The van der Waals surface area contributed by atoms with Crippen LogP contribution in [0.3, 0.4) is 0 Å². The van der Waals surface area contributed by atoms with Gasteiger partial charge in [0.2, 0.25) is 6.10 Å². The molecule has 0 aliphatic carbocycles. The quantitative estimate of drug-likeness (QED) is 0.662. The van der Waals surface area contributed by atoms with Crippen molar-refractivity contribution < 1.29 is 19.1 Å². The molecule has 2 aromatic rings. The zero-order valence-corrected chi connectivity index (χ0v) is 16.5. The first-order chi connectivity index (χ1) is 13.3. The van der Waals surface area contributed by atoms with Gasteiger partial charge in [-0.2, -0.15) is 0 Å². The highest BCUT2D eigenvalue weighted by atomic mass is 35.5. The van der Waals surface area contributed by atoms with Crippen molar-refractivity contribution in [2.24, 2.45) is 11.7 Å². The van der Waals surface area contributed by atoms with E-state index in [1.165, 1.54) is 0 Å². The van der Waals surface area contributed by atoms with Gasteiger partial charge in [0, 0.05) is 16.1 Å². The lowest BCUT2D eigenvalue weighted by Gasteiger charge is -2.22. The number of carbonyl (C=O) groups is 3. The van der Waals surface area contributed by atoms with E-state index < -0.39 is 29.9 Å². The number of amides is 2. The van der Waals surface area contributed by atoms with Crippen LogP contribution in [-0.2, 0) is 14.3 Å². The summed E-state index contributed by atoms with van der Waals surface area (Å²) in [5, 5.41) is 3.17. The third-order valence-electron chi connectivity index (χ3n) is 4.00. The molecule has 0 spiro atoms. The lowest BCUT2D eigenvalue weighted by atomic mass is 10.0. The predicted molar refractivity (Wildman–Crippen MR) is 107 cm³/mol. The molecule has 6 nitrogen and oxygen atoms in total. The summed E-state index contributed by atoms with van der Waals surface area (Å²) in [4.78, 5) is 37.0. The van der Waals surface area contributed by atoms with E-state index in [1.807, 2.05) is 13.8 Å². The number of halogens is 1. The predicted octanol–water partition coefficient (Wildman–Crippen LogP) is 3.25. The van der Waals surface area contributed by atoms with Crippen molar-refractivity contribution in [1.29, 1.82) is 0 Å². The lowest BCUT2D eigenvalue weighted by Crippen LogP contribution is -2.44. The molecule has 2 aromatic carbocycles. The van der Waals surface area contributed by atoms with Gasteiger partial charge < -0.3 is 15.8 Å². The van der Waals surface area contributed by atoms with E-state index in [2.05, 4.69) is 5.32 Å². The number of hydrogen-bond acceptors (Lipinski definition) is 4. The number of primary amides is 1. The van der Waals surface area contributed by atoms with Gasteiger partial charge in [0.1, 0.15) is 6.04 Å². The molecule has 0 aliphatic rings. The minimum Gasteiger partial charge on any atom is -0.446 e. The van der Waals surface area contributed by atoms with Gasteiger partial charge in [-0.25, -0.2) is 4.79 Å². The number of hydrogen-bond donors (Lipinski definition) is 2. The van der Waals surface area contributed by atoms with Crippen LogP contribution in [0.5, 0.6) is 0 Å². The highest BCUT2D eigenvalue weighted by Gasteiger charge is 2.29. The van der Waals surface area contributed by atoms with Gasteiger partial charge in [-0.3, -0.25) is 9.59 Å². The summed E-state index contributed by atoms with van der Waals surface area (Å²) < 4.78 is 5.37. The third-order valence-corrected chi connectivity index (χ3v) is 4.25. The Balaban J connectivity index is 2.16. The number of benzene rings is 2. The normalized spacial score (nSPS) is 12.9. The Morgan fingerprint density at radius 2 is 1.64 bits per heavy atom. The van der Waals surface area contributed by atoms with Crippen molar-refractivity contribution in [2.45, 2.75) is 32.4 Å². The summed E-state index contributed by atoms with van der Waals surface area (Å²) in [5.41, 5.74) is 6.24. The molecule has 0 aliphatic heterocycles. The first kappa shape index (κ1) is 21.4. The average Bonchev–Trinajstić information content (AvgIpc) is 2.66. The van der Waals surface area contributed by atoms with Crippen LogP contribution in [0.25, 0.3) is 0 Å². The standard InChI is InChI=1S/C21H23ClN2O4/c1-13(2)12-17(24-20(26)15-8-10-16(22)11-9-15)21(27)28-18(19(23)25)14-6-4-3-5-7-14/h3-11,13,17-18H,12H2,1-2H3,(H2,23,25)(H,24,26). The second-order valence-electron chi connectivity index (χ2n) is 6.79. The van der Waals surface area contributed by atoms with Crippen LogP contribution in [-0.4, -0.2) is 23.8 Å². The smallest absolute Gasteiger partial charge is 0.329 e. The first-order valence-corrected chi connectivity index (χ1v) is 9.27. The topological polar surface area (TPSA) is 98.5 Å². The number of rotatable bonds is 8. The molecule has 0 aromatic heterocycles. The maximum atomic E-state index is 12.7. The molecule has 0 bridgehead atoms. The summed E-state index contributed by atoms with van der Waals surface area (Å²) in [6.45, 7) is 3.83. The average molecular weight is 403 g/mol. The summed E-state index contributed by atoms with van der Waals surface area (Å²) in [6.07, 6.45) is -0.880. The maximum absolute atomic E-state index is 12.7. The van der Waals surface area contributed by atoms with Gasteiger partial charge in [0.15, 0.2) is 0 Å². The van der Waals surface area contributed by atoms with E-state index in [4.69, 9.17) is 22.1 Å². The van der Waals surface area contributed by atoms with Crippen molar-refractivity contribution in [3.63, 3.8) is 0 Å². The van der Waals surface area contributed by atoms with Crippen molar-refractivity contribution in [1.82, 2.24) is 5.32 Å². The highest BCUT2D eigenvalue weighted by molar-refractivity contribution is 6.30. The van der Waals surface area contributed by atoms with E-state index in [9.17, 15) is 14.4 Å². The fourth-order valence-corrected chi connectivity index (χ4v) is 2.77. The molecule has 2 rings (SSSR count). The number of nitrogens with one attached hydrogen (secondary N) is 1. The van der Waals surface area contributed by atoms with E-state index in [0.29, 0.717) is 22.6 Å². The molecule has 28 heavy (non-hydrogen) atoms. The molecule has 2 amide bonds. The Morgan fingerprint density at radius 3 is 2.18 bits per heavy atom. The van der Waals surface area contributed by atoms with E-state index in [-0.39, 0.29) is 5.92 Å².